The molecule has 1 unspecified atom stereocenters. The first kappa shape index (κ1) is 20.6. The average molecular weight is 386 g/mol. The molecular weight excluding hydrogens is 356 g/mol. The number of nitrogens with zero attached hydrogens (tertiary/aromatic N) is 2. The molecule has 2 heterocycles. The fourth-order valence-corrected chi connectivity index (χ4v) is 3.81. The van der Waals surface area contributed by atoms with Crippen LogP contribution in [0.2, 0.25) is 0 Å². The highest BCUT2D eigenvalue weighted by Crippen LogP contribution is 2.35. The molecule has 1 aromatic rings. The van der Waals surface area contributed by atoms with Crippen molar-refractivity contribution in [3.05, 3.63) is 35.4 Å². The van der Waals surface area contributed by atoms with Crippen molar-refractivity contribution < 1.29 is 19.0 Å². The van der Waals surface area contributed by atoms with Gasteiger partial charge in [0.1, 0.15) is 5.60 Å². The lowest BCUT2D eigenvalue weighted by atomic mass is 9.89. The second kappa shape index (κ2) is 8.50. The minimum atomic E-state index is -0.514. The van der Waals surface area contributed by atoms with Gasteiger partial charge in [0.2, 0.25) is 0 Å². The van der Waals surface area contributed by atoms with Crippen molar-refractivity contribution in [3.63, 3.8) is 0 Å². The number of amides is 1. The summed E-state index contributed by atoms with van der Waals surface area (Å²) in [5.41, 5.74) is 1.09. The van der Waals surface area contributed by atoms with Gasteiger partial charge in [0.05, 0.1) is 44.1 Å². The maximum absolute atomic E-state index is 12.8. The van der Waals surface area contributed by atoms with E-state index in [1.165, 1.54) is 0 Å². The summed E-state index contributed by atoms with van der Waals surface area (Å²) in [6.07, 6.45) is 1.85. The standard InChI is InChI=1S/C22H30N2O4/c1-17(19-6-4-18(14-23)5-7-19)24-11-8-22(28-20(24)25)9-12-26-15-21(2,3)16-27-13-10-22/h4-7,17H,8-13,15-16H2,1-3H3. The molecule has 6 nitrogen and oxygen atoms in total. The number of hydrogen-bond donors (Lipinski definition) is 0. The normalized spacial score (nSPS) is 23.5. The van der Waals surface area contributed by atoms with Gasteiger partial charge in [0, 0.05) is 31.2 Å². The van der Waals surface area contributed by atoms with E-state index in [0.717, 1.165) is 12.0 Å². The van der Waals surface area contributed by atoms with Gasteiger partial charge in [-0.05, 0) is 24.6 Å². The van der Waals surface area contributed by atoms with Crippen molar-refractivity contribution in [2.24, 2.45) is 5.41 Å². The van der Waals surface area contributed by atoms with Gasteiger partial charge < -0.3 is 19.1 Å². The molecule has 2 aliphatic rings. The molecule has 2 aliphatic heterocycles. The maximum Gasteiger partial charge on any atom is 0.410 e. The molecule has 0 bridgehead atoms. The lowest BCUT2D eigenvalue weighted by Crippen LogP contribution is -2.51. The number of ether oxygens (including phenoxy) is 3. The van der Waals surface area contributed by atoms with Crippen molar-refractivity contribution >= 4 is 6.09 Å². The molecule has 0 N–H and O–H groups in total. The van der Waals surface area contributed by atoms with Crippen molar-refractivity contribution in [2.45, 2.75) is 51.7 Å². The molecule has 152 valence electrons. The van der Waals surface area contributed by atoms with E-state index in [2.05, 4.69) is 19.9 Å². The van der Waals surface area contributed by atoms with Crippen LogP contribution in [0.5, 0.6) is 0 Å². The van der Waals surface area contributed by atoms with Gasteiger partial charge in [-0.3, -0.25) is 0 Å². The predicted molar refractivity (Wildman–Crippen MR) is 105 cm³/mol. The Morgan fingerprint density at radius 2 is 1.68 bits per heavy atom. The summed E-state index contributed by atoms with van der Waals surface area (Å²) in [6.45, 7) is 9.33. The van der Waals surface area contributed by atoms with Crippen LogP contribution in [0.15, 0.2) is 24.3 Å². The quantitative estimate of drug-likeness (QED) is 0.767. The Morgan fingerprint density at radius 1 is 1.07 bits per heavy atom. The van der Waals surface area contributed by atoms with E-state index < -0.39 is 5.60 Å². The van der Waals surface area contributed by atoms with Crippen LogP contribution in [0.1, 0.15) is 57.2 Å². The molecule has 0 aliphatic carbocycles. The minimum absolute atomic E-state index is 0.00106. The molecule has 3 rings (SSSR count). The van der Waals surface area contributed by atoms with Crippen LogP contribution in [0.4, 0.5) is 4.79 Å². The molecule has 2 fully saturated rings. The Kier molecular flexibility index (Phi) is 6.26. The van der Waals surface area contributed by atoms with E-state index in [0.29, 0.717) is 51.4 Å². The average Bonchev–Trinajstić information content (AvgIpc) is 2.68. The van der Waals surface area contributed by atoms with Crippen molar-refractivity contribution in [1.29, 1.82) is 5.26 Å². The molecule has 1 spiro atoms. The van der Waals surface area contributed by atoms with Crippen LogP contribution in [-0.2, 0) is 14.2 Å². The minimum Gasteiger partial charge on any atom is -0.443 e. The van der Waals surface area contributed by atoms with E-state index in [4.69, 9.17) is 19.5 Å². The van der Waals surface area contributed by atoms with Crippen molar-refractivity contribution in [2.75, 3.05) is 33.0 Å². The molecule has 2 saturated heterocycles. The lowest BCUT2D eigenvalue weighted by molar-refractivity contribution is -0.105. The number of rotatable bonds is 2. The summed E-state index contributed by atoms with van der Waals surface area (Å²) in [5.74, 6) is 0. The van der Waals surface area contributed by atoms with Gasteiger partial charge in [-0.25, -0.2) is 4.79 Å². The monoisotopic (exact) mass is 386 g/mol. The van der Waals surface area contributed by atoms with Gasteiger partial charge in [-0.15, -0.1) is 0 Å². The third-order valence-corrected chi connectivity index (χ3v) is 5.73. The van der Waals surface area contributed by atoms with Gasteiger partial charge in [0.25, 0.3) is 0 Å². The van der Waals surface area contributed by atoms with E-state index in [-0.39, 0.29) is 17.6 Å². The first-order valence-corrected chi connectivity index (χ1v) is 9.99. The SMILES string of the molecule is CC(c1ccc(C#N)cc1)N1CCC2(CCOCC(C)(C)COCC2)OC1=O. The Balaban J connectivity index is 1.64. The van der Waals surface area contributed by atoms with E-state index in [1.54, 1.807) is 17.0 Å². The summed E-state index contributed by atoms with van der Waals surface area (Å²) in [6, 6.07) is 9.36. The molecule has 6 heteroatoms. The first-order valence-electron chi connectivity index (χ1n) is 9.99. The maximum atomic E-state index is 12.8. The van der Waals surface area contributed by atoms with Crippen molar-refractivity contribution in [3.8, 4) is 6.07 Å². The Labute approximate surface area is 167 Å². The summed E-state index contributed by atoms with van der Waals surface area (Å²) >= 11 is 0. The highest BCUT2D eigenvalue weighted by atomic mass is 16.6. The number of benzene rings is 1. The third-order valence-electron chi connectivity index (χ3n) is 5.73. The Morgan fingerprint density at radius 3 is 2.21 bits per heavy atom. The largest absolute Gasteiger partial charge is 0.443 e. The van der Waals surface area contributed by atoms with Crippen LogP contribution in [0, 0.1) is 16.7 Å². The van der Waals surface area contributed by atoms with E-state index in [9.17, 15) is 4.79 Å². The third kappa shape index (κ3) is 4.84. The molecule has 0 aromatic heterocycles. The smallest absolute Gasteiger partial charge is 0.410 e. The summed E-state index contributed by atoms with van der Waals surface area (Å²) in [5, 5.41) is 8.95. The predicted octanol–water partition coefficient (Wildman–Crippen LogP) is 4.05. The van der Waals surface area contributed by atoms with Gasteiger partial charge in [-0.1, -0.05) is 26.0 Å². The highest BCUT2D eigenvalue weighted by molar-refractivity contribution is 5.69. The van der Waals surface area contributed by atoms with Gasteiger partial charge in [-0.2, -0.15) is 5.26 Å². The van der Waals surface area contributed by atoms with Crippen LogP contribution in [0.3, 0.4) is 0 Å². The number of hydrogen-bond acceptors (Lipinski definition) is 5. The molecule has 1 atom stereocenters. The lowest BCUT2D eigenvalue weighted by Gasteiger charge is -2.44. The second-order valence-corrected chi connectivity index (χ2v) is 8.67. The van der Waals surface area contributed by atoms with Crippen molar-refractivity contribution in [1.82, 2.24) is 4.90 Å². The topological polar surface area (TPSA) is 71.8 Å². The fraction of sp³-hybridized carbons (Fsp3) is 0.636. The number of carbonyl (C=O) groups excluding carboxylic acids is 1. The molecule has 0 saturated carbocycles. The van der Waals surface area contributed by atoms with Crippen LogP contribution >= 0.6 is 0 Å². The van der Waals surface area contributed by atoms with E-state index in [1.807, 2.05) is 19.1 Å². The zero-order chi connectivity index (χ0) is 20.2. The van der Waals surface area contributed by atoms with Crippen LogP contribution in [-0.4, -0.2) is 49.6 Å². The van der Waals surface area contributed by atoms with Gasteiger partial charge >= 0.3 is 6.09 Å². The zero-order valence-corrected chi connectivity index (χ0v) is 17.1. The summed E-state index contributed by atoms with van der Waals surface area (Å²) in [4.78, 5) is 14.6. The highest BCUT2D eigenvalue weighted by Gasteiger charge is 2.42. The summed E-state index contributed by atoms with van der Waals surface area (Å²) < 4.78 is 17.7. The van der Waals surface area contributed by atoms with E-state index >= 15 is 0 Å². The molecule has 1 amide bonds. The van der Waals surface area contributed by atoms with Gasteiger partial charge in [0.15, 0.2) is 0 Å². The second-order valence-electron chi connectivity index (χ2n) is 8.67. The molecule has 1 aromatic carbocycles. The Hall–Kier alpha value is -2.10. The Bertz CT molecular complexity index is 709. The molecule has 0 radical (unpaired) electrons. The molecule has 28 heavy (non-hydrogen) atoms. The molecular formula is C22H30N2O4. The number of nitriles is 1. The first-order chi connectivity index (χ1) is 13.3. The summed E-state index contributed by atoms with van der Waals surface area (Å²) in [7, 11) is 0. The zero-order valence-electron chi connectivity index (χ0n) is 17.1. The van der Waals surface area contributed by atoms with Crippen LogP contribution in [0.25, 0.3) is 0 Å². The van der Waals surface area contributed by atoms with Crippen LogP contribution < -0.4 is 0 Å². The fourth-order valence-electron chi connectivity index (χ4n) is 3.81. The number of carbonyl (C=O) groups is 1.